The smallest absolute Gasteiger partial charge is 0.240 e. The van der Waals surface area contributed by atoms with Gasteiger partial charge in [0.2, 0.25) is 11.8 Å². The van der Waals surface area contributed by atoms with Crippen molar-refractivity contribution >= 4 is 29.9 Å². The second kappa shape index (κ2) is 9.37. The van der Waals surface area contributed by atoms with Gasteiger partial charge in [-0.05, 0) is 60.7 Å². The van der Waals surface area contributed by atoms with Crippen LogP contribution in [-0.4, -0.2) is 35.8 Å². The molecule has 2 aromatic carbocycles. The highest BCUT2D eigenvalue weighted by Gasteiger charge is 2.29. The van der Waals surface area contributed by atoms with Crippen LogP contribution in [0.3, 0.4) is 0 Å². The summed E-state index contributed by atoms with van der Waals surface area (Å²) >= 11 is 0. The Balaban J connectivity index is 0.00000240. The van der Waals surface area contributed by atoms with E-state index in [9.17, 15) is 14.0 Å². The minimum absolute atomic E-state index is 0. The molecule has 1 saturated heterocycles. The first kappa shape index (κ1) is 21.3. The lowest BCUT2D eigenvalue weighted by molar-refractivity contribution is -0.134. The van der Waals surface area contributed by atoms with Crippen molar-refractivity contribution in [3.63, 3.8) is 0 Å². The molecule has 0 bridgehead atoms. The van der Waals surface area contributed by atoms with Crippen LogP contribution in [0.1, 0.15) is 29.5 Å². The summed E-state index contributed by atoms with van der Waals surface area (Å²) in [6, 6.07) is 12.0. The van der Waals surface area contributed by atoms with Crippen LogP contribution in [0, 0.1) is 5.82 Å². The first-order chi connectivity index (χ1) is 13.6. The predicted octanol–water partition coefficient (Wildman–Crippen LogP) is 3.07. The Labute approximate surface area is 176 Å². The van der Waals surface area contributed by atoms with Gasteiger partial charge in [0.15, 0.2) is 0 Å². The van der Waals surface area contributed by atoms with E-state index in [-0.39, 0.29) is 42.5 Å². The molecule has 4 rings (SSSR count). The summed E-state index contributed by atoms with van der Waals surface area (Å²) in [5.74, 6) is -0.473. The van der Waals surface area contributed by atoms with Gasteiger partial charge in [0.25, 0.3) is 0 Å². The number of halogens is 2. The lowest BCUT2D eigenvalue weighted by atomic mass is 9.98. The number of carbonyl (C=O) groups excluding carboxylic acids is 2. The second-order valence-corrected chi connectivity index (χ2v) is 7.46. The highest BCUT2D eigenvalue weighted by molar-refractivity contribution is 5.92. The van der Waals surface area contributed by atoms with Gasteiger partial charge in [0, 0.05) is 18.8 Å². The molecule has 2 aromatic rings. The Morgan fingerprint density at radius 3 is 2.76 bits per heavy atom. The number of hydrogen-bond acceptors (Lipinski definition) is 3. The zero-order valence-electron chi connectivity index (χ0n) is 16.1. The van der Waals surface area contributed by atoms with Crippen molar-refractivity contribution in [1.82, 2.24) is 10.2 Å². The maximum Gasteiger partial charge on any atom is 0.240 e. The summed E-state index contributed by atoms with van der Waals surface area (Å²) in [6.07, 6.45) is 2.74. The van der Waals surface area contributed by atoms with Crippen LogP contribution in [0.2, 0.25) is 0 Å². The van der Waals surface area contributed by atoms with E-state index in [0.29, 0.717) is 17.8 Å². The molecule has 2 aliphatic heterocycles. The highest BCUT2D eigenvalue weighted by Crippen LogP contribution is 2.24. The van der Waals surface area contributed by atoms with Crippen LogP contribution in [0.4, 0.5) is 10.1 Å². The Morgan fingerprint density at radius 1 is 1.17 bits per heavy atom. The topological polar surface area (TPSA) is 61.4 Å². The summed E-state index contributed by atoms with van der Waals surface area (Å²) in [6.45, 7) is 2.19. The van der Waals surface area contributed by atoms with Crippen LogP contribution < -0.4 is 10.6 Å². The maximum atomic E-state index is 13.7. The molecule has 2 aliphatic rings. The van der Waals surface area contributed by atoms with Crippen LogP contribution >= 0.6 is 12.4 Å². The summed E-state index contributed by atoms with van der Waals surface area (Å²) in [7, 11) is 0. The van der Waals surface area contributed by atoms with Crippen molar-refractivity contribution in [3.05, 3.63) is 65.0 Å². The van der Waals surface area contributed by atoms with Gasteiger partial charge in [0.1, 0.15) is 5.82 Å². The third kappa shape index (κ3) is 4.95. The zero-order valence-corrected chi connectivity index (χ0v) is 16.9. The molecule has 0 aliphatic carbocycles. The average molecular weight is 418 g/mol. The van der Waals surface area contributed by atoms with E-state index in [1.165, 1.54) is 11.6 Å². The second-order valence-electron chi connectivity index (χ2n) is 7.46. The summed E-state index contributed by atoms with van der Waals surface area (Å²) in [5.41, 5.74) is 3.31. The van der Waals surface area contributed by atoms with Gasteiger partial charge in [-0.25, -0.2) is 4.39 Å². The standard InChI is InChI=1S/C22H24FN3O2.ClH/c23-19-5-2-1-4-16(19)13-21(27)25-18-8-7-15-9-11-26(14-17(15)12-18)22(28)20-6-3-10-24-20;/h1-2,4-5,7-8,12,20,24H,3,6,9-11,13-14H2,(H,25,27);1H/t20-;/m1./s1. The van der Waals surface area contributed by atoms with Crippen molar-refractivity contribution in [2.45, 2.75) is 38.3 Å². The number of nitrogens with one attached hydrogen (secondary N) is 2. The molecular formula is C22H25ClFN3O2. The molecule has 29 heavy (non-hydrogen) atoms. The monoisotopic (exact) mass is 417 g/mol. The minimum atomic E-state index is -0.377. The Kier molecular flexibility index (Phi) is 6.87. The van der Waals surface area contributed by atoms with Crippen molar-refractivity contribution in [1.29, 1.82) is 0 Å². The van der Waals surface area contributed by atoms with E-state index in [4.69, 9.17) is 0 Å². The van der Waals surface area contributed by atoms with Crippen LogP contribution in [0.5, 0.6) is 0 Å². The number of benzene rings is 2. The van der Waals surface area contributed by atoms with E-state index in [1.54, 1.807) is 18.2 Å². The van der Waals surface area contributed by atoms with Gasteiger partial charge in [-0.2, -0.15) is 0 Å². The third-order valence-corrected chi connectivity index (χ3v) is 5.48. The fourth-order valence-corrected chi connectivity index (χ4v) is 3.96. The molecule has 2 heterocycles. The molecule has 0 saturated carbocycles. The number of rotatable bonds is 4. The number of nitrogens with zero attached hydrogens (tertiary/aromatic N) is 1. The molecule has 154 valence electrons. The van der Waals surface area contributed by atoms with Crippen LogP contribution in [-0.2, 0) is 29.0 Å². The first-order valence-electron chi connectivity index (χ1n) is 9.77. The molecule has 1 atom stereocenters. The lowest BCUT2D eigenvalue weighted by Gasteiger charge is -2.31. The molecule has 0 unspecified atom stereocenters. The molecule has 5 nitrogen and oxygen atoms in total. The Morgan fingerprint density at radius 2 is 2.00 bits per heavy atom. The number of anilines is 1. The van der Waals surface area contributed by atoms with Gasteiger partial charge < -0.3 is 15.5 Å². The van der Waals surface area contributed by atoms with Crippen LogP contribution in [0.25, 0.3) is 0 Å². The third-order valence-electron chi connectivity index (χ3n) is 5.48. The van der Waals surface area contributed by atoms with Crippen molar-refractivity contribution < 1.29 is 14.0 Å². The van der Waals surface area contributed by atoms with Gasteiger partial charge in [-0.1, -0.05) is 24.3 Å². The molecule has 0 radical (unpaired) electrons. The summed E-state index contributed by atoms with van der Waals surface area (Å²) in [4.78, 5) is 26.9. The minimum Gasteiger partial charge on any atom is -0.337 e. The van der Waals surface area contributed by atoms with E-state index < -0.39 is 0 Å². The van der Waals surface area contributed by atoms with Crippen molar-refractivity contribution in [3.8, 4) is 0 Å². The Hall–Kier alpha value is -2.44. The van der Waals surface area contributed by atoms with Crippen molar-refractivity contribution in [2.75, 3.05) is 18.4 Å². The van der Waals surface area contributed by atoms with E-state index in [2.05, 4.69) is 10.6 Å². The molecule has 0 spiro atoms. The molecule has 7 heteroatoms. The molecule has 1 fully saturated rings. The average Bonchev–Trinajstić information content (AvgIpc) is 3.23. The Bertz CT molecular complexity index is 899. The first-order valence-corrected chi connectivity index (χ1v) is 9.77. The van der Waals surface area contributed by atoms with Gasteiger partial charge >= 0.3 is 0 Å². The van der Waals surface area contributed by atoms with Gasteiger partial charge in [-0.15, -0.1) is 12.4 Å². The molecule has 0 aromatic heterocycles. The quantitative estimate of drug-likeness (QED) is 0.803. The maximum absolute atomic E-state index is 13.7. The zero-order chi connectivity index (χ0) is 19.5. The number of amides is 2. The van der Waals surface area contributed by atoms with Gasteiger partial charge in [0.05, 0.1) is 12.5 Å². The van der Waals surface area contributed by atoms with E-state index in [0.717, 1.165) is 37.9 Å². The summed E-state index contributed by atoms with van der Waals surface area (Å²) < 4.78 is 13.7. The molecular weight excluding hydrogens is 393 g/mol. The summed E-state index contributed by atoms with van der Waals surface area (Å²) in [5, 5.41) is 6.11. The highest BCUT2D eigenvalue weighted by atomic mass is 35.5. The van der Waals surface area contributed by atoms with Crippen LogP contribution in [0.15, 0.2) is 42.5 Å². The normalized spacial score (nSPS) is 18.0. The van der Waals surface area contributed by atoms with Gasteiger partial charge in [-0.3, -0.25) is 9.59 Å². The number of fused-ring (bicyclic) bond motifs is 1. The number of carbonyl (C=O) groups is 2. The molecule has 2 N–H and O–H groups in total. The predicted molar refractivity (Wildman–Crippen MR) is 113 cm³/mol. The lowest BCUT2D eigenvalue weighted by Crippen LogP contribution is -2.45. The molecule has 2 amide bonds. The SMILES string of the molecule is Cl.O=C(Cc1ccccc1F)Nc1ccc2c(c1)CN(C(=O)[C@H]1CCCN1)CC2. The van der Waals surface area contributed by atoms with E-state index >= 15 is 0 Å². The van der Waals surface area contributed by atoms with Crippen molar-refractivity contribution in [2.24, 2.45) is 0 Å². The fraction of sp³-hybridized carbons (Fsp3) is 0.364. The van der Waals surface area contributed by atoms with E-state index in [1.807, 2.05) is 23.1 Å². The number of hydrogen-bond donors (Lipinski definition) is 2. The largest absolute Gasteiger partial charge is 0.337 e. The fourth-order valence-electron chi connectivity index (χ4n) is 3.96.